The summed E-state index contributed by atoms with van der Waals surface area (Å²) >= 11 is 0. The van der Waals surface area contributed by atoms with E-state index in [0.717, 1.165) is 11.0 Å². The average Bonchev–Trinajstić information content (AvgIpc) is 2.51. The summed E-state index contributed by atoms with van der Waals surface area (Å²) in [6, 6.07) is -0.363. The molecule has 1 aromatic rings. The number of carboxylic acids is 1. The predicted molar refractivity (Wildman–Crippen MR) is 41.9 cm³/mol. The molecule has 0 radical (unpaired) electrons. The van der Waals surface area contributed by atoms with Crippen molar-refractivity contribution in [2.45, 2.75) is 25.8 Å². The van der Waals surface area contributed by atoms with Crippen molar-refractivity contribution in [3.63, 3.8) is 0 Å². The van der Waals surface area contributed by atoms with Crippen LogP contribution in [0.4, 0.5) is 8.78 Å². The Morgan fingerprint density at radius 1 is 1.64 bits per heavy atom. The molecule has 0 bridgehead atoms. The van der Waals surface area contributed by atoms with Gasteiger partial charge in [0.1, 0.15) is 6.33 Å². The van der Waals surface area contributed by atoms with Crippen molar-refractivity contribution < 1.29 is 18.7 Å². The third-order valence-electron chi connectivity index (χ3n) is 1.61. The quantitative estimate of drug-likeness (QED) is 0.800. The summed E-state index contributed by atoms with van der Waals surface area (Å²) in [5.74, 6) is -7.08. The Morgan fingerprint density at radius 2 is 2.21 bits per heavy atom. The lowest BCUT2D eigenvalue weighted by molar-refractivity contribution is -0.168. The van der Waals surface area contributed by atoms with Gasteiger partial charge in [-0.1, -0.05) is 0 Å². The standard InChI is InChI=1S/C7H9F2N3O2/c1-4(2)12-5(10-3-11-12)7(8,9)6(13)14/h3-4H,1-2H3,(H,13,14). The van der Waals surface area contributed by atoms with Crippen LogP contribution in [0, 0.1) is 0 Å². The highest BCUT2D eigenvalue weighted by molar-refractivity contribution is 5.75. The van der Waals surface area contributed by atoms with Crippen LogP contribution >= 0.6 is 0 Å². The largest absolute Gasteiger partial charge is 0.476 e. The first kappa shape index (κ1) is 10.6. The van der Waals surface area contributed by atoms with Gasteiger partial charge in [0.05, 0.1) is 0 Å². The second kappa shape index (κ2) is 3.32. The van der Waals surface area contributed by atoms with Gasteiger partial charge in [0.25, 0.3) is 0 Å². The van der Waals surface area contributed by atoms with Gasteiger partial charge in [-0.3, -0.25) is 0 Å². The minimum Gasteiger partial charge on any atom is -0.476 e. The van der Waals surface area contributed by atoms with E-state index in [1.54, 1.807) is 13.8 Å². The highest BCUT2D eigenvalue weighted by Crippen LogP contribution is 2.27. The van der Waals surface area contributed by atoms with Gasteiger partial charge in [0, 0.05) is 6.04 Å². The topological polar surface area (TPSA) is 68.0 Å². The minimum atomic E-state index is -4.00. The van der Waals surface area contributed by atoms with Gasteiger partial charge in [-0.25, -0.2) is 14.5 Å². The van der Waals surface area contributed by atoms with Crippen molar-refractivity contribution in [1.29, 1.82) is 0 Å². The fraction of sp³-hybridized carbons (Fsp3) is 0.571. The van der Waals surface area contributed by atoms with Gasteiger partial charge in [0.2, 0.25) is 5.82 Å². The zero-order valence-electron chi connectivity index (χ0n) is 7.61. The summed E-state index contributed by atoms with van der Waals surface area (Å²) < 4.78 is 26.9. The van der Waals surface area contributed by atoms with Gasteiger partial charge in [-0.15, -0.1) is 0 Å². The smallest absolute Gasteiger partial charge is 0.400 e. The van der Waals surface area contributed by atoms with E-state index in [4.69, 9.17) is 5.11 Å². The maximum Gasteiger partial charge on any atom is 0.400 e. The fourth-order valence-corrected chi connectivity index (χ4v) is 0.948. The van der Waals surface area contributed by atoms with Gasteiger partial charge < -0.3 is 5.11 Å². The third-order valence-corrected chi connectivity index (χ3v) is 1.61. The number of rotatable bonds is 3. The Balaban J connectivity index is 3.18. The zero-order valence-corrected chi connectivity index (χ0v) is 7.61. The van der Waals surface area contributed by atoms with Crippen LogP contribution in [0.3, 0.4) is 0 Å². The molecular formula is C7H9F2N3O2. The van der Waals surface area contributed by atoms with Crippen molar-refractivity contribution in [1.82, 2.24) is 14.8 Å². The molecule has 1 heterocycles. The first-order valence-corrected chi connectivity index (χ1v) is 3.88. The van der Waals surface area contributed by atoms with Crippen LogP contribution in [0.25, 0.3) is 0 Å². The lowest BCUT2D eigenvalue weighted by Gasteiger charge is -2.14. The van der Waals surface area contributed by atoms with Gasteiger partial charge >= 0.3 is 11.9 Å². The highest BCUT2D eigenvalue weighted by Gasteiger charge is 2.46. The van der Waals surface area contributed by atoms with Crippen molar-refractivity contribution in [3.05, 3.63) is 12.2 Å². The van der Waals surface area contributed by atoms with E-state index in [-0.39, 0.29) is 6.04 Å². The highest BCUT2D eigenvalue weighted by atomic mass is 19.3. The second-order valence-electron chi connectivity index (χ2n) is 3.00. The summed E-state index contributed by atoms with van der Waals surface area (Å²) in [6.45, 7) is 3.21. The molecule has 0 aliphatic rings. The molecular weight excluding hydrogens is 196 g/mol. The molecule has 5 nitrogen and oxygen atoms in total. The Kier molecular flexibility index (Phi) is 2.50. The predicted octanol–water partition coefficient (Wildman–Crippen LogP) is 1.04. The molecule has 1 rings (SSSR count). The molecule has 78 valence electrons. The monoisotopic (exact) mass is 205 g/mol. The normalized spacial score (nSPS) is 12.1. The number of aromatic nitrogens is 3. The number of nitrogens with zero attached hydrogens (tertiary/aromatic N) is 3. The Labute approximate surface area is 78.4 Å². The summed E-state index contributed by atoms with van der Waals surface area (Å²) in [6.07, 6.45) is 0.909. The van der Waals surface area contributed by atoms with Gasteiger partial charge in [-0.2, -0.15) is 13.9 Å². The van der Waals surface area contributed by atoms with Crippen LogP contribution in [0.2, 0.25) is 0 Å². The van der Waals surface area contributed by atoms with E-state index >= 15 is 0 Å². The minimum absolute atomic E-state index is 0.363. The summed E-state index contributed by atoms with van der Waals surface area (Å²) in [5.41, 5.74) is 0. The van der Waals surface area contributed by atoms with E-state index in [2.05, 4.69) is 10.1 Å². The Hall–Kier alpha value is -1.53. The number of carboxylic acid groups (broad SMARTS) is 1. The number of carbonyl (C=O) groups is 1. The summed E-state index contributed by atoms with van der Waals surface area (Å²) in [7, 11) is 0. The molecule has 0 spiro atoms. The van der Waals surface area contributed by atoms with E-state index in [1.165, 1.54) is 0 Å². The molecule has 0 fully saturated rings. The molecule has 0 aliphatic heterocycles. The Bertz CT molecular complexity index is 348. The van der Waals surface area contributed by atoms with Crippen molar-refractivity contribution >= 4 is 5.97 Å². The maximum atomic E-state index is 13.0. The Morgan fingerprint density at radius 3 is 2.64 bits per heavy atom. The zero-order chi connectivity index (χ0) is 10.9. The second-order valence-corrected chi connectivity index (χ2v) is 3.00. The number of halogens is 2. The average molecular weight is 205 g/mol. The van der Waals surface area contributed by atoms with E-state index in [1.807, 2.05) is 0 Å². The summed E-state index contributed by atoms with van der Waals surface area (Å²) in [5, 5.41) is 11.8. The molecule has 1 aromatic heterocycles. The number of alkyl halides is 2. The molecule has 0 unspecified atom stereocenters. The van der Waals surface area contributed by atoms with Gasteiger partial charge in [0.15, 0.2) is 0 Å². The fourth-order valence-electron chi connectivity index (χ4n) is 0.948. The first-order chi connectivity index (χ1) is 6.37. The molecule has 0 saturated heterocycles. The molecule has 0 atom stereocenters. The molecule has 0 aliphatic carbocycles. The van der Waals surface area contributed by atoms with Crippen molar-refractivity contribution in [3.8, 4) is 0 Å². The summed E-state index contributed by atoms with van der Waals surface area (Å²) in [4.78, 5) is 13.5. The van der Waals surface area contributed by atoms with E-state index in [9.17, 15) is 13.6 Å². The van der Waals surface area contributed by atoms with Crippen LogP contribution < -0.4 is 0 Å². The van der Waals surface area contributed by atoms with Crippen molar-refractivity contribution in [2.24, 2.45) is 0 Å². The third kappa shape index (κ3) is 1.57. The number of hydrogen-bond acceptors (Lipinski definition) is 3. The molecule has 14 heavy (non-hydrogen) atoms. The van der Waals surface area contributed by atoms with Crippen LogP contribution in [0.5, 0.6) is 0 Å². The van der Waals surface area contributed by atoms with E-state index in [0.29, 0.717) is 0 Å². The van der Waals surface area contributed by atoms with Crippen LogP contribution in [-0.2, 0) is 10.7 Å². The van der Waals surface area contributed by atoms with Gasteiger partial charge in [-0.05, 0) is 13.8 Å². The van der Waals surface area contributed by atoms with E-state index < -0.39 is 17.7 Å². The first-order valence-electron chi connectivity index (χ1n) is 3.88. The SMILES string of the molecule is CC(C)n1ncnc1C(F)(F)C(=O)O. The van der Waals surface area contributed by atoms with Crippen LogP contribution in [-0.4, -0.2) is 25.8 Å². The molecule has 0 saturated carbocycles. The maximum absolute atomic E-state index is 13.0. The molecule has 0 amide bonds. The van der Waals surface area contributed by atoms with Crippen LogP contribution in [0.15, 0.2) is 6.33 Å². The van der Waals surface area contributed by atoms with Crippen molar-refractivity contribution in [2.75, 3.05) is 0 Å². The molecule has 1 N–H and O–H groups in total. The molecule has 7 heteroatoms. The molecule has 0 aromatic carbocycles. The van der Waals surface area contributed by atoms with Crippen LogP contribution in [0.1, 0.15) is 25.7 Å². The number of aliphatic carboxylic acids is 1. The lowest BCUT2D eigenvalue weighted by Crippen LogP contribution is -2.30. The number of hydrogen-bond donors (Lipinski definition) is 1. The lowest BCUT2D eigenvalue weighted by atomic mass is 10.3.